The lowest BCUT2D eigenvalue weighted by Crippen LogP contribution is -2.69. The maximum atomic E-state index is 14.3. The summed E-state index contributed by atoms with van der Waals surface area (Å²) in [6.07, 6.45) is 7.40. The van der Waals surface area contributed by atoms with Crippen molar-refractivity contribution in [3.8, 4) is 0 Å². The third kappa shape index (κ3) is 34.9. The molecule has 11 N–H and O–H groups in total. The SMILES string of the molecule is CCCCCCCCC/C=C\CCCCCC(=O)OCC(COP(=O)(O)OC1C(OC2OC(CO)C(O)C(O)C2O)C(O)C(O)C(O)C1OC1OC(COC(=O)CCCCCCCCCCCCCCC)C(O)C(O)C1O)OC(=O)CCCCCCCCCCCCC. The summed E-state index contributed by atoms with van der Waals surface area (Å²) in [5.41, 5.74) is 0. The topological polar surface area (TPSA) is 374 Å². The van der Waals surface area contributed by atoms with E-state index in [2.05, 4.69) is 32.9 Å². The first-order valence-electron chi connectivity index (χ1n) is 36.0. The number of carbonyl (C=O) groups excluding carboxylic acids is 3. The number of unbranched alkanes of at least 4 members (excludes halogenated alkanes) is 32. The Labute approximate surface area is 554 Å². The number of aliphatic hydroxyl groups excluding tert-OH is 10. The van der Waals surface area contributed by atoms with Crippen molar-refractivity contribution in [3.05, 3.63) is 12.2 Å². The highest BCUT2D eigenvalue weighted by Gasteiger charge is 2.58. The number of carbonyl (C=O) groups is 3. The van der Waals surface area contributed by atoms with Crippen molar-refractivity contribution in [1.82, 2.24) is 0 Å². The molecule has 3 rings (SSSR count). The van der Waals surface area contributed by atoms with Crippen LogP contribution in [0.5, 0.6) is 0 Å². The Morgan fingerprint density at radius 2 is 0.753 bits per heavy atom. The molecule has 546 valence electrons. The van der Waals surface area contributed by atoms with Gasteiger partial charge < -0.3 is 89.1 Å². The molecule has 2 saturated heterocycles. The second-order valence-electron chi connectivity index (χ2n) is 26.0. The third-order valence-electron chi connectivity index (χ3n) is 17.8. The fourth-order valence-electron chi connectivity index (χ4n) is 11.9. The molecule has 24 nitrogen and oxygen atoms in total. The van der Waals surface area contributed by atoms with Gasteiger partial charge in [-0.1, -0.05) is 219 Å². The summed E-state index contributed by atoms with van der Waals surface area (Å²) < 4.78 is 64.8. The van der Waals surface area contributed by atoms with Crippen molar-refractivity contribution in [3.63, 3.8) is 0 Å². The highest BCUT2D eigenvalue weighted by Crippen LogP contribution is 2.49. The Hall–Kier alpha value is -2.30. The van der Waals surface area contributed by atoms with Crippen LogP contribution >= 0.6 is 7.82 Å². The predicted molar refractivity (Wildman–Crippen MR) is 347 cm³/mol. The predicted octanol–water partition coefficient (Wildman–Crippen LogP) is 8.79. The minimum atomic E-state index is -5.69. The van der Waals surface area contributed by atoms with E-state index in [0.29, 0.717) is 19.3 Å². The first-order chi connectivity index (χ1) is 44.8. The van der Waals surface area contributed by atoms with Gasteiger partial charge in [0.2, 0.25) is 0 Å². The lowest BCUT2D eigenvalue weighted by molar-refractivity contribution is -0.360. The molecule has 0 aromatic carbocycles. The fraction of sp³-hybridized carbons (Fsp3) is 0.926. The molecule has 1 saturated carbocycles. The molecule has 0 aromatic heterocycles. The summed E-state index contributed by atoms with van der Waals surface area (Å²) >= 11 is 0. The van der Waals surface area contributed by atoms with E-state index in [0.717, 1.165) is 96.3 Å². The van der Waals surface area contributed by atoms with Gasteiger partial charge in [-0.05, 0) is 44.9 Å². The largest absolute Gasteiger partial charge is 0.472 e. The number of aliphatic hydroxyl groups is 10. The molecule has 0 aromatic rings. The number of hydrogen-bond donors (Lipinski definition) is 11. The number of phosphoric ester groups is 1. The maximum absolute atomic E-state index is 14.3. The van der Waals surface area contributed by atoms with Crippen molar-refractivity contribution in [1.29, 1.82) is 0 Å². The smallest absolute Gasteiger partial charge is 0.463 e. The molecule has 0 bridgehead atoms. The molecule has 2 aliphatic heterocycles. The number of rotatable bonds is 55. The van der Waals surface area contributed by atoms with Crippen molar-refractivity contribution in [2.45, 2.75) is 375 Å². The maximum Gasteiger partial charge on any atom is 0.472 e. The minimum absolute atomic E-state index is 0.0276. The average molecular weight is 1360 g/mol. The van der Waals surface area contributed by atoms with Gasteiger partial charge in [-0.15, -0.1) is 0 Å². The van der Waals surface area contributed by atoms with Crippen LogP contribution < -0.4 is 0 Å². The first kappa shape index (κ1) is 84.9. The molecule has 0 amide bonds. The molecule has 25 heteroatoms. The highest BCUT2D eigenvalue weighted by atomic mass is 31.2. The Bertz CT molecular complexity index is 1990. The van der Waals surface area contributed by atoms with Crippen LogP contribution in [0.1, 0.15) is 271 Å². The van der Waals surface area contributed by atoms with Crippen LogP contribution in [-0.2, 0) is 61.2 Å². The number of ether oxygens (including phenoxy) is 7. The fourth-order valence-corrected chi connectivity index (χ4v) is 12.8. The summed E-state index contributed by atoms with van der Waals surface area (Å²) in [6.45, 7) is 3.40. The standard InChI is InChI=1S/C68H125O24P/c1-4-7-10-13-16-19-22-24-26-29-30-33-36-39-42-52(70)84-46-49(87-54(72)44-41-38-35-32-27-21-18-15-12-9-6-3)47-86-93(82,83)92-66-64(90-67-62(80)57(75)55(73)50(45-69)88-67)60(78)59(77)61(79)65(66)91-68-63(81)58(76)56(74)51(89-68)48-85-53(71)43-40-37-34-31-28-25-23-20-17-14-11-8-5-2/h26,29,49-51,55-69,73-81H,4-25,27-28,30-48H2,1-3H3,(H,82,83)/b29-26-. The second-order valence-corrected chi connectivity index (χ2v) is 27.4. The zero-order valence-electron chi connectivity index (χ0n) is 56.5. The molecule has 2 heterocycles. The van der Waals surface area contributed by atoms with Crippen molar-refractivity contribution < 1.29 is 117 Å². The summed E-state index contributed by atoms with van der Waals surface area (Å²) in [6, 6.07) is 0. The van der Waals surface area contributed by atoms with Gasteiger partial charge in [0.25, 0.3) is 0 Å². The van der Waals surface area contributed by atoms with Gasteiger partial charge in [-0.3, -0.25) is 23.4 Å². The third-order valence-corrected chi connectivity index (χ3v) is 18.8. The van der Waals surface area contributed by atoms with Crippen molar-refractivity contribution >= 4 is 25.7 Å². The van der Waals surface area contributed by atoms with Gasteiger partial charge >= 0.3 is 25.7 Å². The average Bonchev–Trinajstić information content (AvgIpc) is 0.771. The van der Waals surface area contributed by atoms with Gasteiger partial charge in [0.15, 0.2) is 18.7 Å². The molecule has 3 fully saturated rings. The van der Waals surface area contributed by atoms with Gasteiger partial charge in [-0.2, -0.15) is 0 Å². The van der Waals surface area contributed by atoms with Gasteiger partial charge in [0.05, 0.1) is 13.2 Å². The van der Waals surface area contributed by atoms with Crippen LogP contribution in [0.2, 0.25) is 0 Å². The van der Waals surface area contributed by atoms with Crippen LogP contribution in [0, 0.1) is 0 Å². The Balaban J connectivity index is 1.76. The van der Waals surface area contributed by atoms with Crippen LogP contribution in [0.4, 0.5) is 0 Å². The number of phosphoric acid groups is 1. The molecule has 18 unspecified atom stereocenters. The first-order valence-corrected chi connectivity index (χ1v) is 37.5. The van der Waals surface area contributed by atoms with Crippen LogP contribution in [0.15, 0.2) is 12.2 Å². The molecule has 3 aliphatic rings. The lowest BCUT2D eigenvalue weighted by Gasteiger charge is -2.49. The molecular weight excluding hydrogens is 1230 g/mol. The lowest BCUT2D eigenvalue weighted by atomic mass is 9.84. The minimum Gasteiger partial charge on any atom is -0.463 e. The van der Waals surface area contributed by atoms with E-state index in [1.54, 1.807) is 0 Å². The van der Waals surface area contributed by atoms with Crippen LogP contribution in [-0.4, -0.2) is 204 Å². The van der Waals surface area contributed by atoms with Gasteiger partial charge in [0.1, 0.15) is 98.7 Å². The second kappa shape index (κ2) is 50.9. The normalized spacial score (nSPS) is 28.5. The summed E-state index contributed by atoms with van der Waals surface area (Å²) in [5.74, 6) is -2.00. The molecule has 0 spiro atoms. The van der Waals surface area contributed by atoms with E-state index in [1.165, 1.54) is 116 Å². The summed E-state index contributed by atoms with van der Waals surface area (Å²) in [7, 11) is -5.69. The van der Waals surface area contributed by atoms with Crippen molar-refractivity contribution in [2.24, 2.45) is 0 Å². The number of hydrogen-bond acceptors (Lipinski definition) is 23. The molecule has 18 atom stereocenters. The number of allylic oxidation sites excluding steroid dienone is 2. The zero-order valence-corrected chi connectivity index (χ0v) is 57.4. The van der Waals surface area contributed by atoms with E-state index in [1.807, 2.05) is 0 Å². The van der Waals surface area contributed by atoms with E-state index in [9.17, 15) is 74.9 Å². The van der Waals surface area contributed by atoms with Gasteiger partial charge in [-0.25, -0.2) is 4.57 Å². The monoisotopic (exact) mass is 1360 g/mol. The van der Waals surface area contributed by atoms with Crippen LogP contribution in [0.25, 0.3) is 0 Å². The van der Waals surface area contributed by atoms with Crippen molar-refractivity contribution in [2.75, 3.05) is 26.4 Å². The van der Waals surface area contributed by atoms with Crippen LogP contribution in [0.3, 0.4) is 0 Å². The highest BCUT2D eigenvalue weighted by molar-refractivity contribution is 7.47. The summed E-state index contributed by atoms with van der Waals surface area (Å²) in [4.78, 5) is 50.8. The zero-order chi connectivity index (χ0) is 68.2. The molecule has 0 radical (unpaired) electrons. The number of esters is 3. The van der Waals surface area contributed by atoms with E-state index in [4.69, 9.17) is 42.2 Å². The quantitative estimate of drug-likeness (QED) is 0.00890. The van der Waals surface area contributed by atoms with E-state index in [-0.39, 0.29) is 19.3 Å². The Morgan fingerprint density at radius 3 is 1.17 bits per heavy atom. The Kier molecular flexibility index (Phi) is 46.5. The molecule has 1 aliphatic carbocycles. The Morgan fingerprint density at radius 1 is 0.409 bits per heavy atom. The van der Waals surface area contributed by atoms with E-state index >= 15 is 0 Å². The van der Waals surface area contributed by atoms with Gasteiger partial charge in [0, 0.05) is 19.3 Å². The summed E-state index contributed by atoms with van der Waals surface area (Å²) in [5, 5.41) is 110. The molecule has 93 heavy (non-hydrogen) atoms. The van der Waals surface area contributed by atoms with E-state index < -0.39 is 156 Å². The molecular formula is C68H125O24P.